The highest BCUT2D eigenvalue weighted by Crippen LogP contribution is 2.62. The van der Waals surface area contributed by atoms with E-state index in [2.05, 4.69) is 4.98 Å². The zero-order valence-electron chi connectivity index (χ0n) is 16.7. The molecule has 1 aliphatic carbocycles. The lowest BCUT2D eigenvalue weighted by Crippen LogP contribution is -2.33. The van der Waals surface area contributed by atoms with Crippen molar-refractivity contribution in [2.75, 3.05) is 22.2 Å². The number of fused-ring (bicyclic) bond motifs is 1. The van der Waals surface area contributed by atoms with Gasteiger partial charge in [-0.1, -0.05) is 12.1 Å². The van der Waals surface area contributed by atoms with Gasteiger partial charge in [-0.3, -0.25) is 9.11 Å². The van der Waals surface area contributed by atoms with Gasteiger partial charge in [-0.2, -0.15) is 0 Å². The fourth-order valence-electron chi connectivity index (χ4n) is 3.56. The normalized spacial score (nSPS) is 23.1. The van der Waals surface area contributed by atoms with Crippen LogP contribution in [0.15, 0.2) is 30.3 Å². The van der Waals surface area contributed by atoms with Crippen LogP contribution in [-0.4, -0.2) is 38.7 Å². The standard InChI is InChI=1S/C20H25F2N3O3S/c1-12-5-6-13(19(2,3)26)9-15(12)16-7-8-17-18(23-16)24(4)29(27,28)25(17)11-14-10-20(14,21)22/h5-9,14,26-28H,10-11H2,1-4H3. The zero-order valence-corrected chi connectivity index (χ0v) is 17.5. The molecule has 0 bridgehead atoms. The number of hydrogen-bond acceptors (Lipinski definition) is 6. The van der Waals surface area contributed by atoms with E-state index in [0.29, 0.717) is 17.2 Å². The summed E-state index contributed by atoms with van der Waals surface area (Å²) in [7, 11) is -1.94. The first-order chi connectivity index (χ1) is 13.3. The molecular weight excluding hydrogens is 400 g/mol. The van der Waals surface area contributed by atoms with Gasteiger partial charge in [0.1, 0.15) is 5.69 Å². The van der Waals surface area contributed by atoms with Crippen LogP contribution in [0.4, 0.5) is 20.3 Å². The number of benzene rings is 1. The Hall–Kier alpha value is -1.94. The SMILES string of the molecule is Cc1ccc(C(C)(C)O)cc1-c1ccc2c(n1)N(C)S(O)(O)N2CC1CC1(F)F. The molecule has 2 heterocycles. The van der Waals surface area contributed by atoms with E-state index in [1.54, 1.807) is 26.0 Å². The molecule has 1 atom stereocenters. The summed E-state index contributed by atoms with van der Waals surface area (Å²) >= 11 is 0. The molecule has 6 nitrogen and oxygen atoms in total. The summed E-state index contributed by atoms with van der Waals surface area (Å²) < 4.78 is 50.6. The Morgan fingerprint density at radius 2 is 1.90 bits per heavy atom. The second-order valence-electron chi connectivity index (χ2n) is 8.34. The van der Waals surface area contributed by atoms with E-state index in [9.17, 15) is 23.0 Å². The quantitative estimate of drug-likeness (QED) is 0.654. The Morgan fingerprint density at radius 1 is 1.24 bits per heavy atom. The molecule has 3 N–H and O–H groups in total. The first kappa shape index (κ1) is 20.3. The summed E-state index contributed by atoms with van der Waals surface area (Å²) in [6, 6.07) is 9.04. The third-order valence-corrected chi connectivity index (χ3v) is 7.49. The molecule has 2 aromatic rings. The van der Waals surface area contributed by atoms with Crippen LogP contribution in [-0.2, 0) is 5.60 Å². The second-order valence-corrected chi connectivity index (χ2v) is 10.3. The van der Waals surface area contributed by atoms with Gasteiger partial charge in [-0.15, -0.1) is 0 Å². The Kier molecular flexibility index (Phi) is 4.40. The van der Waals surface area contributed by atoms with Crippen LogP contribution in [0.2, 0.25) is 0 Å². The molecule has 1 aromatic carbocycles. The highest BCUT2D eigenvalue weighted by atomic mass is 32.3. The molecule has 1 aliphatic heterocycles. The van der Waals surface area contributed by atoms with Gasteiger partial charge in [0.25, 0.3) is 5.92 Å². The predicted octanol–water partition coefficient (Wildman–Crippen LogP) is 4.78. The van der Waals surface area contributed by atoms with Gasteiger partial charge < -0.3 is 5.11 Å². The number of pyridine rings is 1. The van der Waals surface area contributed by atoms with Crippen molar-refractivity contribution < 1.29 is 23.0 Å². The molecular formula is C20H25F2N3O3S. The molecule has 1 fully saturated rings. The minimum atomic E-state index is -3.44. The van der Waals surface area contributed by atoms with Crippen LogP contribution in [0.25, 0.3) is 11.3 Å². The van der Waals surface area contributed by atoms with Gasteiger partial charge in [0.2, 0.25) is 0 Å². The van der Waals surface area contributed by atoms with Crippen molar-refractivity contribution in [3.63, 3.8) is 0 Å². The van der Waals surface area contributed by atoms with Crippen LogP contribution < -0.4 is 8.61 Å². The van der Waals surface area contributed by atoms with E-state index in [0.717, 1.165) is 16.7 Å². The van der Waals surface area contributed by atoms with Crippen LogP contribution in [0, 0.1) is 12.8 Å². The van der Waals surface area contributed by atoms with Crippen LogP contribution >= 0.6 is 11.0 Å². The molecule has 4 rings (SSSR count). The highest BCUT2D eigenvalue weighted by molar-refractivity contribution is 8.26. The lowest BCUT2D eigenvalue weighted by atomic mass is 9.93. The molecule has 1 aromatic heterocycles. The number of aromatic nitrogens is 1. The summed E-state index contributed by atoms with van der Waals surface area (Å²) in [5, 5.41) is 10.3. The lowest BCUT2D eigenvalue weighted by molar-refractivity contribution is 0.0786. The van der Waals surface area contributed by atoms with Gasteiger partial charge in [0.15, 0.2) is 5.82 Å². The number of rotatable bonds is 4. The minimum Gasteiger partial charge on any atom is -0.386 e. The third-order valence-electron chi connectivity index (χ3n) is 5.65. The van der Waals surface area contributed by atoms with Crippen molar-refractivity contribution in [2.24, 2.45) is 5.92 Å². The molecule has 29 heavy (non-hydrogen) atoms. The smallest absolute Gasteiger partial charge is 0.253 e. The van der Waals surface area contributed by atoms with E-state index in [-0.39, 0.29) is 13.0 Å². The number of aryl methyl sites for hydroxylation is 1. The maximum absolute atomic E-state index is 13.4. The van der Waals surface area contributed by atoms with Gasteiger partial charge in [-0.25, -0.2) is 22.4 Å². The summed E-state index contributed by atoms with van der Waals surface area (Å²) in [4.78, 5) is 4.61. The summed E-state index contributed by atoms with van der Waals surface area (Å²) in [6.45, 7) is 5.19. The first-order valence-electron chi connectivity index (χ1n) is 9.35. The average molecular weight is 426 g/mol. The van der Waals surface area contributed by atoms with Crippen LogP contribution in [0.3, 0.4) is 0 Å². The van der Waals surface area contributed by atoms with Crippen molar-refractivity contribution in [1.29, 1.82) is 0 Å². The summed E-state index contributed by atoms with van der Waals surface area (Å²) in [5.74, 6) is -3.31. The Bertz CT molecular complexity index is 978. The molecule has 2 aliphatic rings. The predicted molar refractivity (Wildman–Crippen MR) is 111 cm³/mol. The maximum Gasteiger partial charge on any atom is 0.253 e. The fraction of sp³-hybridized carbons (Fsp3) is 0.450. The number of aliphatic hydroxyl groups is 1. The van der Waals surface area contributed by atoms with E-state index in [1.165, 1.54) is 15.7 Å². The zero-order chi connectivity index (χ0) is 21.4. The Morgan fingerprint density at radius 3 is 2.48 bits per heavy atom. The van der Waals surface area contributed by atoms with Crippen molar-refractivity contribution in [2.45, 2.75) is 38.7 Å². The Balaban J connectivity index is 1.74. The van der Waals surface area contributed by atoms with Crippen molar-refractivity contribution in [1.82, 2.24) is 4.98 Å². The molecule has 0 amide bonds. The number of halogens is 2. The first-order valence-corrected chi connectivity index (χ1v) is 10.8. The number of alkyl halides is 2. The van der Waals surface area contributed by atoms with E-state index >= 15 is 0 Å². The van der Waals surface area contributed by atoms with Crippen molar-refractivity contribution in [3.05, 3.63) is 41.5 Å². The number of anilines is 2. The molecule has 0 saturated heterocycles. The molecule has 9 heteroatoms. The topological polar surface area (TPSA) is 80.1 Å². The third kappa shape index (κ3) is 3.35. The van der Waals surface area contributed by atoms with E-state index in [4.69, 9.17) is 0 Å². The van der Waals surface area contributed by atoms with Crippen LogP contribution in [0.5, 0.6) is 0 Å². The van der Waals surface area contributed by atoms with Crippen molar-refractivity contribution in [3.8, 4) is 11.3 Å². The largest absolute Gasteiger partial charge is 0.386 e. The van der Waals surface area contributed by atoms with Gasteiger partial charge in [0, 0.05) is 31.5 Å². The van der Waals surface area contributed by atoms with Crippen LogP contribution in [0.1, 0.15) is 31.4 Å². The minimum absolute atomic E-state index is 0.138. The molecule has 0 spiro atoms. The summed E-state index contributed by atoms with van der Waals surface area (Å²) in [5.41, 5.74) is 2.51. The monoisotopic (exact) mass is 425 g/mol. The molecule has 1 saturated carbocycles. The van der Waals surface area contributed by atoms with Crippen molar-refractivity contribution >= 4 is 22.5 Å². The number of nitrogens with zero attached hydrogens (tertiary/aromatic N) is 3. The van der Waals surface area contributed by atoms with Gasteiger partial charge >= 0.3 is 0 Å². The van der Waals surface area contributed by atoms with Gasteiger partial charge in [-0.05, 0) is 61.1 Å². The molecule has 0 radical (unpaired) electrons. The summed E-state index contributed by atoms with van der Waals surface area (Å²) in [6.07, 6.45) is -0.244. The molecule has 158 valence electrons. The maximum atomic E-state index is 13.4. The fourth-order valence-corrected chi connectivity index (χ4v) is 5.01. The molecule has 1 unspecified atom stereocenters. The second kappa shape index (κ2) is 6.28. The number of hydrogen-bond donors (Lipinski definition) is 3. The van der Waals surface area contributed by atoms with E-state index < -0.39 is 28.4 Å². The van der Waals surface area contributed by atoms with Gasteiger partial charge in [0.05, 0.1) is 11.3 Å². The average Bonchev–Trinajstić information content (AvgIpc) is 3.18. The lowest BCUT2D eigenvalue weighted by Gasteiger charge is -2.41. The van der Waals surface area contributed by atoms with E-state index in [1.807, 2.05) is 25.1 Å². The highest BCUT2D eigenvalue weighted by Gasteiger charge is 2.59. The Labute approximate surface area is 170 Å².